The van der Waals surface area contributed by atoms with Crippen LogP contribution in [0.5, 0.6) is 0 Å². The van der Waals surface area contributed by atoms with Gasteiger partial charge in [0.05, 0.1) is 19.5 Å². The molecule has 0 aliphatic carbocycles. The zero-order valence-corrected chi connectivity index (χ0v) is 17.7. The van der Waals surface area contributed by atoms with E-state index < -0.39 is 6.04 Å². The maximum absolute atomic E-state index is 13.3. The molecular weight excluding hydrogens is 406 g/mol. The van der Waals surface area contributed by atoms with Crippen LogP contribution in [0, 0.1) is 0 Å². The zero-order chi connectivity index (χ0) is 21.9. The third-order valence-corrected chi connectivity index (χ3v) is 6.06. The fourth-order valence-corrected chi connectivity index (χ4v) is 4.32. The van der Waals surface area contributed by atoms with Gasteiger partial charge in [-0.2, -0.15) is 0 Å². The monoisotopic (exact) mass is 431 g/mol. The van der Waals surface area contributed by atoms with Crippen molar-refractivity contribution in [3.8, 4) is 0 Å². The van der Waals surface area contributed by atoms with Crippen LogP contribution in [0.15, 0.2) is 71.3 Å². The SMILES string of the molecule is O=C(Nc1ccc(N2CCOCC2)cc1)[C@@H]1Cc2ccccc2CN1C(=O)c1ccco1. The van der Waals surface area contributed by atoms with Gasteiger partial charge < -0.3 is 24.3 Å². The molecule has 2 aliphatic heterocycles. The summed E-state index contributed by atoms with van der Waals surface area (Å²) in [6.07, 6.45) is 1.93. The van der Waals surface area contributed by atoms with Crippen LogP contribution < -0.4 is 10.2 Å². The third-order valence-electron chi connectivity index (χ3n) is 6.06. The van der Waals surface area contributed by atoms with Crippen LogP contribution >= 0.6 is 0 Å². The summed E-state index contributed by atoms with van der Waals surface area (Å²) < 4.78 is 10.7. The molecule has 1 N–H and O–H groups in total. The lowest BCUT2D eigenvalue weighted by atomic mass is 9.93. The Labute approximate surface area is 186 Å². The quantitative estimate of drug-likeness (QED) is 0.686. The van der Waals surface area contributed by atoms with Crippen LogP contribution in [-0.2, 0) is 22.5 Å². The van der Waals surface area contributed by atoms with E-state index in [9.17, 15) is 9.59 Å². The molecule has 2 amide bonds. The predicted molar refractivity (Wildman–Crippen MR) is 121 cm³/mol. The van der Waals surface area contributed by atoms with Gasteiger partial charge >= 0.3 is 0 Å². The molecule has 7 nitrogen and oxygen atoms in total. The lowest BCUT2D eigenvalue weighted by Crippen LogP contribution is -2.50. The van der Waals surface area contributed by atoms with Crippen molar-refractivity contribution in [2.45, 2.75) is 19.0 Å². The Morgan fingerprint density at radius 2 is 1.66 bits per heavy atom. The number of nitrogens with one attached hydrogen (secondary N) is 1. The number of furan rings is 1. The van der Waals surface area contributed by atoms with Gasteiger partial charge in [-0.05, 0) is 47.5 Å². The number of hydrogen-bond donors (Lipinski definition) is 1. The molecule has 0 spiro atoms. The second kappa shape index (κ2) is 8.88. The minimum atomic E-state index is -0.624. The lowest BCUT2D eigenvalue weighted by Gasteiger charge is -2.35. The first-order valence-electron chi connectivity index (χ1n) is 10.8. The maximum atomic E-state index is 13.3. The average Bonchev–Trinajstić information content (AvgIpc) is 3.39. The molecule has 2 aromatic carbocycles. The summed E-state index contributed by atoms with van der Waals surface area (Å²) >= 11 is 0. The van der Waals surface area contributed by atoms with Gasteiger partial charge in [-0.3, -0.25) is 9.59 Å². The number of amides is 2. The number of anilines is 2. The summed E-state index contributed by atoms with van der Waals surface area (Å²) in [5.74, 6) is -0.261. The first-order chi connectivity index (χ1) is 15.7. The van der Waals surface area contributed by atoms with E-state index >= 15 is 0 Å². The number of fused-ring (bicyclic) bond motifs is 1. The number of hydrogen-bond acceptors (Lipinski definition) is 5. The summed E-state index contributed by atoms with van der Waals surface area (Å²) in [6, 6.07) is 18.4. The van der Waals surface area contributed by atoms with Crippen LogP contribution in [0.2, 0.25) is 0 Å². The molecule has 5 rings (SSSR count). The molecule has 1 fully saturated rings. The smallest absolute Gasteiger partial charge is 0.290 e. The van der Waals surface area contributed by atoms with Gasteiger partial charge in [0.15, 0.2) is 5.76 Å². The predicted octanol–water partition coefficient (Wildman–Crippen LogP) is 3.32. The third kappa shape index (κ3) is 4.11. The van der Waals surface area contributed by atoms with Gasteiger partial charge in [0, 0.05) is 37.4 Å². The molecule has 3 heterocycles. The molecule has 2 aliphatic rings. The highest BCUT2D eigenvalue weighted by molar-refractivity contribution is 6.00. The Morgan fingerprint density at radius 1 is 0.906 bits per heavy atom. The molecule has 3 aromatic rings. The lowest BCUT2D eigenvalue weighted by molar-refractivity contribution is -0.121. The molecule has 32 heavy (non-hydrogen) atoms. The second-order valence-electron chi connectivity index (χ2n) is 8.03. The Bertz CT molecular complexity index is 1090. The molecule has 0 bridgehead atoms. The van der Waals surface area contributed by atoms with Crippen LogP contribution in [0.25, 0.3) is 0 Å². The largest absolute Gasteiger partial charge is 0.459 e. The van der Waals surface area contributed by atoms with Crippen molar-refractivity contribution in [1.29, 1.82) is 0 Å². The van der Waals surface area contributed by atoms with E-state index in [1.807, 2.05) is 48.5 Å². The molecule has 164 valence electrons. The van der Waals surface area contributed by atoms with E-state index in [4.69, 9.17) is 9.15 Å². The van der Waals surface area contributed by atoms with E-state index in [0.29, 0.717) is 18.7 Å². The number of ether oxygens (including phenoxy) is 1. The minimum absolute atomic E-state index is 0.210. The van der Waals surface area contributed by atoms with Crippen molar-refractivity contribution in [1.82, 2.24) is 4.90 Å². The molecule has 7 heteroatoms. The number of carbonyl (C=O) groups is 2. The van der Waals surface area contributed by atoms with E-state index in [1.54, 1.807) is 17.0 Å². The van der Waals surface area contributed by atoms with Crippen LogP contribution in [0.4, 0.5) is 11.4 Å². The van der Waals surface area contributed by atoms with Crippen molar-refractivity contribution in [3.63, 3.8) is 0 Å². The Morgan fingerprint density at radius 3 is 2.38 bits per heavy atom. The number of carbonyl (C=O) groups excluding carboxylic acids is 2. The molecule has 0 radical (unpaired) electrons. The van der Waals surface area contributed by atoms with E-state index in [1.165, 1.54) is 6.26 Å². The van der Waals surface area contributed by atoms with Crippen molar-refractivity contribution < 1.29 is 18.7 Å². The first-order valence-corrected chi connectivity index (χ1v) is 10.8. The summed E-state index contributed by atoms with van der Waals surface area (Å²) in [6.45, 7) is 3.53. The minimum Gasteiger partial charge on any atom is -0.459 e. The Balaban J connectivity index is 1.35. The maximum Gasteiger partial charge on any atom is 0.290 e. The Kier molecular flexibility index (Phi) is 5.64. The molecule has 1 atom stereocenters. The molecule has 0 unspecified atom stereocenters. The summed E-state index contributed by atoms with van der Waals surface area (Å²) in [4.78, 5) is 30.2. The molecule has 0 saturated carbocycles. The number of morpholine rings is 1. The first kappa shape index (κ1) is 20.3. The van der Waals surface area contributed by atoms with Gasteiger partial charge in [0.25, 0.3) is 5.91 Å². The van der Waals surface area contributed by atoms with Gasteiger partial charge in [-0.1, -0.05) is 24.3 Å². The fraction of sp³-hybridized carbons (Fsp3) is 0.280. The summed E-state index contributed by atoms with van der Waals surface area (Å²) in [5, 5.41) is 3.00. The number of benzene rings is 2. The van der Waals surface area contributed by atoms with Gasteiger partial charge in [-0.25, -0.2) is 0 Å². The van der Waals surface area contributed by atoms with E-state index in [2.05, 4.69) is 10.2 Å². The zero-order valence-electron chi connectivity index (χ0n) is 17.7. The van der Waals surface area contributed by atoms with Crippen molar-refractivity contribution in [2.24, 2.45) is 0 Å². The highest BCUT2D eigenvalue weighted by atomic mass is 16.5. The van der Waals surface area contributed by atoms with E-state index in [-0.39, 0.29) is 17.6 Å². The number of rotatable bonds is 4. The molecule has 1 aromatic heterocycles. The van der Waals surface area contributed by atoms with Crippen LogP contribution in [0.1, 0.15) is 21.7 Å². The number of nitrogens with zero attached hydrogens (tertiary/aromatic N) is 2. The van der Waals surface area contributed by atoms with Crippen LogP contribution in [-0.4, -0.2) is 49.1 Å². The van der Waals surface area contributed by atoms with Crippen molar-refractivity contribution in [2.75, 3.05) is 36.5 Å². The highest BCUT2D eigenvalue weighted by Crippen LogP contribution is 2.27. The fourth-order valence-electron chi connectivity index (χ4n) is 4.32. The molecular formula is C25H25N3O4. The van der Waals surface area contributed by atoms with Gasteiger partial charge in [0.1, 0.15) is 6.04 Å². The highest BCUT2D eigenvalue weighted by Gasteiger charge is 2.36. The van der Waals surface area contributed by atoms with Crippen LogP contribution in [0.3, 0.4) is 0 Å². The molecule has 1 saturated heterocycles. The summed E-state index contributed by atoms with van der Waals surface area (Å²) in [7, 11) is 0. The normalized spacial score (nSPS) is 18.2. The summed E-state index contributed by atoms with van der Waals surface area (Å²) in [5.41, 5.74) is 3.94. The average molecular weight is 431 g/mol. The van der Waals surface area contributed by atoms with Gasteiger partial charge in [-0.15, -0.1) is 0 Å². The Hall–Kier alpha value is -3.58. The topological polar surface area (TPSA) is 75.0 Å². The van der Waals surface area contributed by atoms with E-state index in [0.717, 1.165) is 43.1 Å². The van der Waals surface area contributed by atoms with Gasteiger partial charge in [0.2, 0.25) is 5.91 Å². The standard InChI is InChI=1S/C25H25N3O4/c29-24(26-20-7-9-21(10-8-20)27-11-14-31-15-12-27)22-16-18-4-1-2-5-19(18)17-28(22)25(30)23-6-3-13-32-23/h1-10,13,22H,11-12,14-17H2,(H,26,29)/t22-/m0/s1. The van der Waals surface area contributed by atoms with Crippen molar-refractivity contribution in [3.05, 3.63) is 83.8 Å². The second-order valence-corrected chi connectivity index (χ2v) is 8.03. The van der Waals surface area contributed by atoms with Crippen molar-refractivity contribution >= 4 is 23.2 Å².